The van der Waals surface area contributed by atoms with Gasteiger partial charge in [-0.2, -0.15) is 16.5 Å². The number of piperidine rings is 1. The highest BCUT2D eigenvalue weighted by Crippen LogP contribution is 2.31. The summed E-state index contributed by atoms with van der Waals surface area (Å²) >= 11 is 1.54. The first-order valence-corrected chi connectivity index (χ1v) is 15.4. The molecule has 1 saturated heterocycles. The first-order chi connectivity index (χ1) is 17.2. The van der Waals surface area contributed by atoms with Crippen molar-refractivity contribution in [3.8, 4) is 0 Å². The van der Waals surface area contributed by atoms with Gasteiger partial charge in [-0.3, -0.25) is 9.59 Å². The fraction of sp³-hybridized carbons (Fsp3) is 0.680. The van der Waals surface area contributed by atoms with Gasteiger partial charge in [0.15, 0.2) is 0 Å². The lowest BCUT2D eigenvalue weighted by molar-refractivity contribution is -0.141. The van der Waals surface area contributed by atoms with E-state index in [2.05, 4.69) is 17.0 Å². The number of carbonyl (C=O) groups excluding carboxylic acids is 2. The van der Waals surface area contributed by atoms with E-state index in [1.165, 1.54) is 18.7 Å². The Labute approximate surface area is 219 Å². The van der Waals surface area contributed by atoms with Crippen LogP contribution in [0, 0.1) is 11.8 Å². The van der Waals surface area contributed by atoms with E-state index in [4.69, 9.17) is 10.5 Å². The average Bonchev–Trinajstić information content (AvgIpc) is 2.85. The first-order valence-electron chi connectivity index (χ1n) is 12.8. The van der Waals surface area contributed by atoms with E-state index in [1.54, 1.807) is 17.0 Å². The van der Waals surface area contributed by atoms with E-state index in [0.29, 0.717) is 56.1 Å². The number of hydrogen-bond donors (Lipinski definition) is 3. The molecule has 3 rings (SSSR count). The smallest absolute Gasteiger partial charge is 0.302 e. The molecule has 1 unspecified atom stereocenters. The quantitative estimate of drug-likeness (QED) is 0.272. The minimum Gasteiger partial charge on any atom is -0.466 e. The fourth-order valence-electron chi connectivity index (χ4n) is 4.72. The minimum atomic E-state index is -3.92. The maximum Gasteiger partial charge on any atom is 0.302 e. The van der Waals surface area contributed by atoms with Crippen molar-refractivity contribution in [3.05, 3.63) is 23.8 Å². The van der Waals surface area contributed by atoms with Crippen LogP contribution in [0.1, 0.15) is 45.1 Å². The zero-order valence-electron chi connectivity index (χ0n) is 21.3. The summed E-state index contributed by atoms with van der Waals surface area (Å²) in [6.45, 7) is 6.31. The zero-order chi connectivity index (χ0) is 26.1. The molecule has 0 radical (unpaired) electrons. The third-order valence-electron chi connectivity index (χ3n) is 6.73. The van der Waals surface area contributed by atoms with Crippen LogP contribution < -0.4 is 15.8 Å². The van der Waals surface area contributed by atoms with Crippen LogP contribution in [0.15, 0.2) is 23.1 Å². The van der Waals surface area contributed by atoms with Crippen LogP contribution in [-0.2, 0) is 30.8 Å². The molecular formula is C25H40N4O5S2. The predicted octanol–water partition coefficient (Wildman–Crippen LogP) is 2.21. The fourth-order valence-corrected chi connectivity index (χ4v) is 7.24. The van der Waals surface area contributed by atoms with Gasteiger partial charge in [0.25, 0.3) is 0 Å². The minimum absolute atomic E-state index is 0.191. The molecule has 2 aliphatic heterocycles. The Morgan fingerprint density at radius 2 is 2.06 bits per heavy atom. The topological polar surface area (TPSA) is 131 Å². The second-order valence-corrected chi connectivity index (χ2v) is 12.6. The molecule has 2 heterocycles. The molecule has 0 aliphatic carbocycles. The van der Waals surface area contributed by atoms with Crippen molar-refractivity contribution in [3.63, 3.8) is 0 Å². The number of rotatable bonds is 12. The molecule has 0 spiro atoms. The average molecular weight is 541 g/mol. The van der Waals surface area contributed by atoms with Gasteiger partial charge in [-0.15, -0.1) is 0 Å². The third kappa shape index (κ3) is 8.09. The number of nitrogens with one attached hydrogen (secondary N) is 2. The molecule has 36 heavy (non-hydrogen) atoms. The SMILES string of the molecule is CC(=O)OCCC1CCN(C(=O)[C@H](CSCCCN)NS(=O)(=O)c2cccc3c2NCC(C)C3)CC1. The number of sulfonamides is 1. The molecule has 0 aromatic heterocycles. The van der Waals surface area contributed by atoms with Crippen LogP contribution >= 0.6 is 11.8 Å². The summed E-state index contributed by atoms with van der Waals surface area (Å²) in [7, 11) is -3.92. The summed E-state index contributed by atoms with van der Waals surface area (Å²) in [5.41, 5.74) is 7.22. The number of carbonyl (C=O) groups is 2. The molecule has 1 fully saturated rings. The van der Waals surface area contributed by atoms with Crippen molar-refractivity contribution in [1.82, 2.24) is 9.62 Å². The number of anilines is 1. The summed E-state index contributed by atoms with van der Waals surface area (Å²) in [5, 5.41) is 3.28. The van der Waals surface area contributed by atoms with E-state index in [-0.39, 0.29) is 16.8 Å². The van der Waals surface area contributed by atoms with Gasteiger partial charge in [0.2, 0.25) is 15.9 Å². The number of nitrogens with zero attached hydrogens (tertiary/aromatic N) is 1. The maximum absolute atomic E-state index is 13.5. The standard InChI is InChI=1S/C25H40N4O5S2/c1-18-15-21-5-3-6-23(24(21)27-16-18)36(32,33)28-22(17-35-14-4-10-26)25(31)29-11-7-20(8-12-29)9-13-34-19(2)30/h3,5-6,18,20,22,27-28H,4,7-17,26H2,1-2H3/t18?,22-/m0/s1. The predicted molar refractivity (Wildman–Crippen MR) is 143 cm³/mol. The summed E-state index contributed by atoms with van der Waals surface area (Å²) in [4.78, 5) is 26.4. The molecule has 2 atom stereocenters. The van der Waals surface area contributed by atoms with Crippen molar-refractivity contribution in [2.24, 2.45) is 17.6 Å². The highest BCUT2D eigenvalue weighted by Gasteiger charge is 2.33. The lowest BCUT2D eigenvalue weighted by atomic mass is 9.93. The Morgan fingerprint density at radius 1 is 1.31 bits per heavy atom. The number of amides is 1. The van der Waals surface area contributed by atoms with Gasteiger partial charge in [0.05, 0.1) is 12.3 Å². The van der Waals surface area contributed by atoms with Crippen molar-refractivity contribution < 1.29 is 22.7 Å². The van der Waals surface area contributed by atoms with Crippen molar-refractivity contribution in [2.75, 3.05) is 49.6 Å². The lowest BCUT2D eigenvalue weighted by Gasteiger charge is -2.34. The molecule has 2 aliphatic rings. The van der Waals surface area contributed by atoms with Crippen LogP contribution in [-0.4, -0.2) is 75.5 Å². The maximum atomic E-state index is 13.5. The van der Waals surface area contributed by atoms with Crippen molar-refractivity contribution in [1.29, 1.82) is 0 Å². The molecule has 1 aromatic rings. The van der Waals surface area contributed by atoms with Crippen LogP contribution in [0.3, 0.4) is 0 Å². The largest absolute Gasteiger partial charge is 0.466 e. The lowest BCUT2D eigenvalue weighted by Crippen LogP contribution is -2.52. The number of esters is 1. The number of fused-ring (bicyclic) bond motifs is 1. The number of hydrogen-bond acceptors (Lipinski definition) is 8. The van der Waals surface area contributed by atoms with E-state index < -0.39 is 16.1 Å². The Morgan fingerprint density at radius 3 is 2.75 bits per heavy atom. The van der Waals surface area contributed by atoms with Gasteiger partial charge in [0.1, 0.15) is 10.9 Å². The summed E-state index contributed by atoms with van der Waals surface area (Å²) in [6.07, 6.45) is 4.01. The molecule has 11 heteroatoms. The molecule has 0 bridgehead atoms. The second-order valence-electron chi connectivity index (χ2n) is 9.77. The molecule has 9 nitrogen and oxygen atoms in total. The Kier molecular flexibility index (Phi) is 10.9. The number of para-hydroxylation sites is 1. The number of benzene rings is 1. The number of likely N-dealkylation sites (tertiary alicyclic amines) is 1. The number of ether oxygens (including phenoxy) is 1. The van der Waals surface area contributed by atoms with Gasteiger partial charge < -0.3 is 20.7 Å². The molecule has 1 aromatic carbocycles. The summed E-state index contributed by atoms with van der Waals surface area (Å²) < 4.78 is 34.8. The van der Waals surface area contributed by atoms with E-state index in [1.807, 2.05) is 6.07 Å². The Hall–Kier alpha value is -1.82. The van der Waals surface area contributed by atoms with E-state index in [0.717, 1.165) is 43.4 Å². The molecular weight excluding hydrogens is 500 g/mol. The van der Waals surface area contributed by atoms with Gasteiger partial charge in [-0.25, -0.2) is 8.42 Å². The number of nitrogens with two attached hydrogens (primary N) is 1. The molecule has 4 N–H and O–H groups in total. The molecule has 1 amide bonds. The molecule has 202 valence electrons. The second kappa shape index (κ2) is 13.6. The van der Waals surface area contributed by atoms with Gasteiger partial charge in [0, 0.05) is 32.3 Å². The van der Waals surface area contributed by atoms with Crippen molar-refractivity contribution >= 4 is 39.3 Å². The third-order valence-corrected chi connectivity index (χ3v) is 9.39. The summed E-state index contributed by atoms with van der Waals surface area (Å²) in [5.74, 6) is 1.45. The monoisotopic (exact) mass is 540 g/mol. The molecule has 0 saturated carbocycles. The van der Waals surface area contributed by atoms with Crippen LogP contribution in [0.4, 0.5) is 5.69 Å². The normalized spacial score (nSPS) is 19.3. The Balaban J connectivity index is 1.69. The van der Waals surface area contributed by atoms with Gasteiger partial charge in [-0.05, 0) is 67.9 Å². The van der Waals surface area contributed by atoms with Crippen LogP contribution in [0.2, 0.25) is 0 Å². The highest BCUT2D eigenvalue weighted by atomic mass is 32.2. The first kappa shape index (κ1) is 28.7. The number of thioether (sulfide) groups is 1. The zero-order valence-corrected chi connectivity index (χ0v) is 23.0. The van der Waals surface area contributed by atoms with Gasteiger partial charge in [-0.1, -0.05) is 19.1 Å². The van der Waals surface area contributed by atoms with E-state index >= 15 is 0 Å². The van der Waals surface area contributed by atoms with Crippen LogP contribution in [0.5, 0.6) is 0 Å². The van der Waals surface area contributed by atoms with Crippen molar-refractivity contribution in [2.45, 2.75) is 56.9 Å². The summed E-state index contributed by atoms with van der Waals surface area (Å²) in [6, 6.07) is 4.46. The van der Waals surface area contributed by atoms with Gasteiger partial charge >= 0.3 is 5.97 Å². The van der Waals surface area contributed by atoms with E-state index in [9.17, 15) is 18.0 Å². The van der Waals surface area contributed by atoms with Crippen LogP contribution in [0.25, 0.3) is 0 Å². The Bertz CT molecular complexity index is 996. The highest BCUT2D eigenvalue weighted by molar-refractivity contribution is 7.99.